The standard InChI is InChI=1S/C15H21NO/c1-3-10-16-14(4-2)15-13-8-6-5-7-12(13)9-11-17-15/h4-8,14-16H,2-3,9-11H2,1H3. The third kappa shape index (κ3) is 2.76. The zero-order valence-electron chi connectivity index (χ0n) is 10.5. The van der Waals surface area contributed by atoms with Gasteiger partial charge in [-0.15, -0.1) is 6.58 Å². The first kappa shape index (κ1) is 12.3. The first-order valence-corrected chi connectivity index (χ1v) is 6.42. The van der Waals surface area contributed by atoms with Crippen LogP contribution in [0.5, 0.6) is 0 Å². The topological polar surface area (TPSA) is 21.3 Å². The summed E-state index contributed by atoms with van der Waals surface area (Å²) in [6.07, 6.45) is 4.22. The third-order valence-corrected chi connectivity index (χ3v) is 3.24. The number of hydrogen-bond donors (Lipinski definition) is 1. The Morgan fingerprint density at radius 3 is 3.12 bits per heavy atom. The van der Waals surface area contributed by atoms with Crippen molar-refractivity contribution in [3.05, 3.63) is 48.0 Å². The van der Waals surface area contributed by atoms with Crippen molar-refractivity contribution < 1.29 is 4.74 Å². The summed E-state index contributed by atoms with van der Waals surface area (Å²) in [5, 5.41) is 3.49. The van der Waals surface area contributed by atoms with Gasteiger partial charge in [0.05, 0.1) is 12.6 Å². The fourth-order valence-electron chi connectivity index (χ4n) is 2.35. The van der Waals surface area contributed by atoms with Gasteiger partial charge in [0.25, 0.3) is 0 Å². The normalized spacial score (nSPS) is 20.6. The van der Waals surface area contributed by atoms with Gasteiger partial charge < -0.3 is 10.1 Å². The van der Waals surface area contributed by atoms with Crippen LogP contribution in [-0.2, 0) is 11.2 Å². The van der Waals surface area contributed by atoms with Crippen LogP contribution in [0.25, 0.3) is 0 Å². The summed E-state index contributed by atoms with van der Waals surface area (Å²) in [5.41, 5.74) is 2.72. The number of nitrogens with one attached hydrogen (secondary N) is 1. The second kappa shape index (κ2) is 5.99. The molecule has 0 amide bonds. The number of rotatable bonds is 5. The van der Waals surface area contributed by atoms with Gasteiger partial charge in [0.1, 0.15) is 6.10 Å². The molecule has 1 aliphatic heterocycles. The average molecular weight is 231 g/mol. The predicted molar refractivity (Wildman–Crippen MR) is 71.1 cm³/mol. The van der Waals surface area contributed by atoms with E-state index in [2.05, 4.69) is 43.1 Å². The van der Waals surface area contributed by atoms with Crippen molar-refractivity contribution in [2.75, 3.05) is 13.2 Å². The highest BCUT2D eigenvalue weighted by Crippen LogP contribution is 2.29. The number of fused-ring (bicyclic) bond motifs is 1. The summed E-state index contributed by atoms with van der Waals surface area (Å²) < 4.78 is 5.92. The van der Waals surface area contributed by atoms with Crippen LogP contribution in [0.15, 0.2) is 36.9 Å². The van der Waals surface area contributed by atoms with Crippen LogP contribution in [0.1, 0.15) is 30.6 Å². The summed E-state index contributed by atoms with van der Waals surface area (Å²) in [4.78, 5) is 0. The molecule has 2 nitrogen and oxygen atoms in total. The number of ether oxygens (including phenoxy) is 1. The van der Waals surface area contributed by atoms with E-state index in [0.717, 1.165) is 26.0 Å². The van der Waals surface area contributed by atoms with E-state index in [9.17, 15) is 0 Å². The van der Waals surface area contributed by atoms with Crippen LogP contribution in [-0.4, -0.2) is 19.2 Å². The molecule has 92 valence electrons. The average Bonchev–Trinajstić information content (AvgIpc) is 2.40. The maximum atomic E-state index is 5.92. The Morgan fingerprint density at radius 1 is 1.53 bits per heavy atom. The summed E-state index contributed by atoms with van der Waals surface area (Å²) in [7, 11) is 0. The number of benzene rings is 1. The molecule has 0 aliphatic carbocycles. The van der Waals surface area contributed by atoms with E-state index in [1.807, 2.05) is 6.08 Å². The first-order valence-electron chi connectivity index (χ1n) is 6.42. The molecular weight excluding hydrogens is 210 g/mol. The lowest BCUT2D eigenvalue weighted by Gasteiger charge is -2.31. The van der Waals surface area contributed by atoms with Crippen molar-refractivity contribution in [3.63, 3.8) is 0 Å². The second-order valence-electron chi connectivity index (χ2n) is 4.46. The van der Waals surface area contributed by atoms with Gasteiger partial charge in [-0.25, -0.2) is 0 Å². The molecule has 1 heterocycles. The Kier molecular flexibility index (Phi) is 4.35. The lowest BCUT2D eigenvalue weighted by molar-refractivity contribution is 0.0264. The Hall–Kier alpha value is -1.12. The zero-order valence-corrected chi connectivity index (χ0v) is 10.5. The summed E-state index contributed by atoms with van der Waals surface area (Å²) in [5.74, 6) is 0. The highest BCUT2D eigenvalue weighted by atomic mass is 16.5. The Balaban J connectivity index is 2.18. The summed E-state index contributed by atoms with van der Waals surface area (Å²) >= 11 is 0. The maximum Gasteiger partial charge on any atom is 0.102 e. The highest BCUT2D eigenvalue weighted by Gasteiger charge is 2.26. The van der Waals surface area contributed by atoms with Crippen LogP contribution >= 0.6 is 0 Å². The van der Waals surface area contributed by atoms with E-state index < -0.39 is 0 Å². The minimum Gasteiger partial charge on any atom is -0.371 e. The molecule has 1 aliphatic rings. The van der Waals surface area contributed by atoms with E-state index in [-0.39, 0.29) is 12.1 Å². The molecule has 0 fully saturated rings. The van der Waals surface area contributed by atoms with Gasteiger partial charge in [-0.1, -0.05) is 37.3 Å². The fourth-order valence-corrected chi connectivity index (χ4v) is 2.35. The van der Waals surface area contributed by atoms with Crippen molar-refractivity contribution in [2.24, 2.45) is 0 Å². The van der Waals surface area contributed by atoms with Crippen molar-refractivity contribution in [1.29, 1.82) is 0 Å². The van der Waals surface area contributed by atoms with Gasteiger partial charge in [-0.05, 0) is 30.5 Å². The van der Waals surface area contributed by atoms with Gasteiger partial charge >= 0.3 is 0 Å². The zero-order chi connectivity index (χ0) is 12.1. The van der Waals surface area contributed by atoms with Gasteiger partial charge in [0, 0.05) is 0 Å². The Morgan fingerprint density at radius 2 is 2.35 bits per heavy atom. The molecule has 0 bridgehead atoms. The minimum absolute atomic E-state index is 0.115. The van der Waals surface area contributed by atoms with Crippen LogP contribution < -0.4 is 5.32 Å². The van der Waals surface area contributed by atoms with E-state index in [4.69, 9.17) is 4.74 Å². The summed E-state index contributed by atoms with van der Waals surface area (Å²) in [6, 6.07) is 8.76. The molecule has 17 heavy (non-hydrogen) atoms. The van der Waals surface area contributed by atoms with Crippen LogP contribution in [0.3, 0.4) is 0 Å². The molecule has 2 atom stereocenters. The molecule has 1 N–H and O–H groups in total. The molecule has 0 radical (unpaired) electrons. The SMILES string of the molecule is C=CC(NCCC)C1OCCc2ccccc21. The second-order valence-corrected chi connectivity index (χ2v) is 4.46. The van der Waals surface area contributed by atoms with Crippen molar-refractivity contribution in [2.45, 2.75) is 31.9 Å². The van der Waals surface area contributed by atoms with Gasteiger partial charge in [-0.2, -0.15) is 0 Å². The smallest absolute Gasteiger partial charge is 0.102 e. The van der Waals surface area contributed by atoms with E-state index in [0.29, 0.717) is 0 Å². The maximum absolute atomic E-state index is 5.92. The molecule has 0 saturated heterocycles. The molecular formula is C15H21NO. The molecule has 2 unspecified atom stereocenters. The molecule has 1 aromatic carbocycles. The Labute approximate surface area is 104 Å². The third-order valence-electron chi connectivity index (χ3n) is 3.24. The molecule has 0 saturated carbocycles. The van der Waals surface area contributed by atoms with Crippen LogP contribution in [0, 0.1) is 0 Å². The minimum atomic E-state index is 0.115. The van der Waals surface area contributed by atoms with Crippen LogP contribution in [0.2, 0.25) is 0 Å². The van der Waals surface area contributed by atoms with Crippen molar-refractivity contribution in [3.8, 4) is 0 Å². The van der Waals surface area contributed by atoms with Gasteiger partial charge in [0.15, 0.2) is 0 Å². The van der Waals surface area contributed by atoms with E-state index in [1.54, 1.807) is 0 Å². The monoisotopic (exact) mass is 231 g/mol. The van der Waals surface area contributed by atoms with Crippen molar-refractivity contribution in [1.82, 2.24) is 5.32 Å². The molecule has 2 rings (SSSR count). The highest BCUT2D eigenvalue weighted by molar-refractivity contribution is 5.32. The Bertz CT molecular complexity index is 375. The molecule has 0 spiro atoms. The van der Waals surface area contributed by atoms with E-state index in [1.165, 1.54) is 11.1 Å². The van der Waals surface area contributed by atoms with Gasteiger partial charge in [-0.3, -0.25) is 0 Å². The van der Waals surface area contributed by atoms with Gasteiger partial charge in [0.2, 0.25) is 0 Å². The largest absolute Gasteiger partial charge is 0.371 e. The van der Waals surface area contributed by atoms with Crippen LogP contribution in [0.4, 0.5) is 0 Å². The quantitative estimate of drug-likeness (QED) is 0.787. The van der Waals surface area contributed by atoms with Crippen molar-refractivity contribution >= 4 is 0 Å². The predicted octanol–water partition coefficient (Wildman–Crippen LogP) is 2.85. The molecule has 2 heteroatoms. The van der Waals surface area contributed by atoms with E-state index >= 15 is 0 Å². The number of hydrogen-bond acceptors (Lipinski definition) is 2. The molecule has 1 aromatic rings. The fraction of sp³-hybridized carbons (Fsp3) is 0.467. The lowest BCUT2D eigenvalue weighted by Crippen LogP contribution is -2.37. The molecule has 0 aromatic heterocycles. The first-order chi connectivity index (χ1) is 8.36. The lowest BCUT2D eigenvalue weighted by atomic mass is 9.93. The summed E-state index contributed by atoms with van der Waals surface area (Å²) in [6.45, 7) is 7.89.